The number of ketones is 1. The van der Waals surface area contributed by atoms with Crippen molar-refractivity contribution in [3.63, 3.8) is 0 Å². The fourth-order valence-corrected chi connectivity index (χ4v) is 3.48. The van der Waals surface area contributed by atoms with Crippen LogP contribution in [0.1, 0.15) is 11.1 Å². The number of esters is 1. The Balaban J connectivity index is 1.78. The number of aliphatic hydroxyl groups excluding tert-OH is 1. The van der Waals surface area contributed by atoms with Gasteiger partial charge < -0.3 is 14.6 Å². The first-order chi connectivity index (χ1) is 13.6. The molecule has 5 heteroatoms. The third-order valence-corrected chi connectivity index (χ3v) is 4.97. The Bertz CT molecular complexity index is 1010. The molecule has 1 heterocycles. The number of benzene rings is 3. The van der Waals surface area contributed by atoms with Crippen molar-refractivity contribution in [1.82, 2.24) is 0 Å². The Morgan fingerprint density at radius 2 is 1.36 bits per heavy atom. The van der Waals surface area contributed by atoms with Crippen LogP contribution in [0, 0.1) is 0 Å². The highest BCUT2D eigenvalue weighted by molar-refractivity contribution is 6.13. The van der Waals surface area contributed by atoms with E-state index < -0.39 is 23.5 Å². The Morgan fingerprint density at radius 1 is 0.821 bits per heavy atom. The van der Waals surface area contributed by atoms with Crippen molar-refractivity contribution in [2.75, 3.05) is 7.11 Å². The molecular formula is C23H18O5. The third-order valence-electron chi connectivity index (χ3n) is 4.97. The summed E-state index contributed by atoms with van der Waals surface area (Å²) in [5, 5.41) is 9.97. The fourth-order valence-electron chi connectivity index (χ4n) is 3.48. The van der Waals surface area contributed by atoms with Gasteiger partial charge in [-0.25, -0.2) is 4.79 Å². The van der Waals surface area contributed by atoms with Gasteiger partial charge in [0.15, 0.2) is 0 Å². The number of ether oxygens (including phenoxy) is 2. The Morgan fingerprint density at radius 3 is 1.86 bits per heavy atom. The average Bonchev–Trinajstić information content (AvgIpc) is 2.99. The van der Waals surface area contributed by atoms with Crippen LogP contribution in [0.5, 0.6) is 5.75 Å². The summed E-state index contributed by atoms with van der Waals surface area (Å²) in [7, 11) is 1.61. The van der Waals surface area contributed by atoms with E-state index in [1.54, 1.807) is 43.5 Å². The summed E-state index contributed by atoms with van der Waals surface area (Å²) in [6.07, 6.45) is -1.79. The van der Waals surface area contributed by atoms with Gasteiger partial charge in [-0.3, -0.25) is 4.79 Å². The topological polar surface area (TPSA) is 72.8 Å². The number of Topliss-reactive ketones (excluding diaryl/α,β-unsaturated/α-hetero) is 1. The molecule has 0 saturated carbocycles. The molecule has 1 fully saturated rings. The molecule has 1 aliphatic rings. The number of cyclic esters (lactones) is 1. The second-order valence-electron chi connectivity index (χ2n) is 6.54. The molecule has 1 saturated heterocycles. The summed E-state index contributed by atoms with van der Waals surface area (Å²) < 4.78 is 10.6. The van der Waals surface area contributed by atoms with Gasteiger partial charge in [-0.2, -0.15) is 0 Å². The van der Waals surface area contributed by atoms with Crippen LogP contribution >= 0.6 is 0 Å². The Kier molecular flexibility index (Phi) is 4.45. The van der Waals surface area contributed by atoms with E-state index in [1.807, 2.05) is 42.5 Å². The molecule has 0 aliphatic carbocycles. The van der Waals surface area contributed by atoms with E-state index in [2.05, 4.69) is 0 Å². The van der Waals surface area contributed by atoms with Gasteiger partial charge in [-0.05, 0) is 23.3 Å². The summed E-state index contributed by atoms with van der Waals surface area (Å²) in [5.74, 6) is -0.852. The van der Waals surface area contributed by atoms with Crippen molar-refractivity contribution in [2.45, 2.75) is 11.7 Å². The molecular weight excluding hydrogens is 356 g/mol. The maximum absolute atomic E-state index is 12.9. The molecule has 2 atom stereocenters. The molecule has 140 valence electrons. The van der Waals surface area contributed by atoms with Gasteiger partial charge in [-0.1, -0.05) is 66.7 Å². The largest absolute Gasteiger partial charge is 0.497 e. The van der Waals surface area contributed by atoms with Gasteiger partial charge >= 0.3 is 5.97 Å². The monoisotopic (exact) mass is 374 g/mol. The van der Waals surface area contributed by atoms with Crippen molar-refractivity contribution < 1.29 is 24.2 Å². The molecule has 28 heavy (non-hydrogen) atoms. The number of rotatable bonds is 4. The van der Waals surface area contributed by atoms with Crippen LogP contribution in [0.25, 0.3) is 11.1 Å². The molecule has 3 aromatic rings. The van der Waals surface area contributed by atoms with Crippen LogP contribution < -0.4 is 4.74 Å². The molecule has 2 unspecified atom stereocenters. The van der Waals surface area contributed by atoms with Crippen molar-refractivity contribution in [1.29, 1.82) is 0 Å². The van der Waals surface area contributed by atoms with E-state index >= 15 is 0 Å². The predicted octanol–water partition coefficient (Wildman–Crippen LogP) is 3.09. The minimum Gasteiger partial charge on any atom is -0.497 e. The van der Waals surface area contributed by atoms with E-state index in [-0.39, 0.29) is 0 Å². The predicted molar refractivity (Wildman–Crippen MR) is 103 cm³/mol. The normalized spacial score (nSPS) is 21.4. The van der Waals surface area contributed by atoms with Crippen LogP contribution in [-0.2, 0) is 19.9 Å². The second-order valence-corrected chi connectivity index (χ2v) is 6.54. The lowest BCUT2D eigenvalue weighted by Crippen LogP contribution is -2.37. The molecule has 3 aromatic carbocycles. The maximum Gasteiger partial charge on any atom is 0.344 e. The van der Waals surface area contributed by atoms with Crippen molar-refractivity contribution in [3.05, 3.63) is 90.0 Å². The van der Waals surface area contributed by atoms with Crippen molar-refractivity contribution in [3.8, 4) is 16.9 Å². The Hall–Kier alpha value is -3.44. The zero-order valence-electron chi connectivity index (χ0n) is 15.2. The smallest absolute Gasteiger partial charge is 0.344 e. The highest BCUT2D eigenvalue weighted by Gasteiger charge is 2.57. The quantitative estimate of drug-likeness (QED) is 0.561. The molecule has 1 aliphatic heterocycles. The number of hydrogen-bond acceptors (Lipinski definition) is 5. The van der Waals surface area contributed by atoms with Gasteiger partial charge in [0.1, 0.15) is 5.75 Å². The van der Waals surface area contributed by atoms with Crippen LogP contribution in [0.3, 0.4) is 0 Å². The molecule has 0 spiro atoms. The molecule has 1 N–H and O–H groups in total. The minimum absolute atomic E-state index is 0.492. The van der Waals surface area contributed by atoms with Crippen LogP contribution in [-0.4, -0.2) is 30.1 Å². The summed E-state index contributed by atoms with van der Waals surface area (Å²) in [4.78, 5) is 24.8. The van der Waals surface area contributed by atoms with Crippen molar-refractivity contribution in [2.24, 2.45) is 0 Å². The number of carbonyl (C=O) groups excluding carboxylic acids is 2. The molecule has 5 nitrogen and oxygen atoms in total. The zero-order chi connectivity index (χ0) is 19.7. The standard InChI is InChI=1S/C23H18O5/c1-27-19-13-9-16(10-14-19)15-7-11-18(12-8-15)23(17-5-3-2-4-6-17)21(25)20(24)22(26)28-23/h2-14,20,24H,1H3. The lowest BCUT2D eigenvalue weighted by Gasteiger charge is -2.27. The first-order valence-corrected chi connectivity index (χ1v) is 8.82. The lowest BCUT2D eigenvalue weighted by atomic mass is 9.82. The number of carbonyl (C=O) groups is 2. The van der Waals surface area contributed by atoms with Crippen LogP contribution in [0.4, 0.5) is 0 Å². The van der Waals surface area contributed by atoms with E-state index in [0.29, 0.717) is 11.1 Å². The zero-order valence-corrected chi connectivity index (χ0v) is 15.2. The molecule has 0 bridgehead atoms. The second kappa shape index (κ2) is 6.94. The molecule has 0 radical (unpaired) electrons. The van der Waals surface area contributed by atoms with Gasteiger partial charge in [0.2, 0.25) is 17.5 Å². The fraction of sp³-hybridized carbons (Fsp3) is 0.130. The van der Waals surface area contributed by atoms with E-state index in [0.717, 1.165) is 16.9 Å². The van der Waals surface area contributed by atoms with Gasteiger partial charge in [-0.15, -0.1) is 0 Å². The molecule has 0 aromatic heterocycles. The van der Waals surface area contributed by atoms with E-state index in [1.165, 1.54) is 0 Å². The van der Waals surface area contributed by atoms with E-state index in [4.69, 9.17) is 9.47 Å². The van der Waals surface area contributed by atoms with Gasteiger partial charge in [0.25, 0.3) is 0 Å². The first-order valence-electron chi connectivity index (χ1n) is 8.82. The van der Waals surface area contributed by atoms with Gasteiger partial charge in [0.05, 0.1) is 7.11 Å². The molecule has 0 amide bonds. The first kappa shape index (κ1) is 17.9. The Labute approximate surface area is 162 Å². The van der Waals surface area contributed by atoms with Crippen LogP contribution in [0.15, 0.2) is 78.9 Å². The average molecular weight is 374 g/mol. The number of aliphatic hydroxyl groups is 1. The maximum atomic E-state index is 12.9. The van der Waals surface area contributed by atoms with E-state index in [9.17, 15) is 14.7 Å². The van der Waals surface area contributed by atoms with Crippen LogP contribution in [0.2, 0.25) is 0 Å². The summed E-state index contributed by atoms with van der Waals surface area (Å²) >= 11 is 0. The molecule has 4 rings (SSSR count). The minimum atomic E-state index is -1.79. The summed E-state index contributed by atoms with van der Waals surface area (Å²) in [5.41, 5.74) is 1.27. The highest BCUT2D eigenvalue weighted by Crippen LogP contribution is 2.41. The third kappa shape index (κ3) is 2.77. The summed E-state index contributed by atoms with van der Waals surface area (Å²) in [6.45, 7) is 0. The number of methoxy groups -OCH3 is 1. The number of hydrogen-bond donors (Lipinski definition) is 1. The van der Waals surface area contributed by atoms with Gasteiger partial charge in [0, 0.05) is 11.1 Å². The summed E-state index contributed by atoms with van der Waals surface area (Å²) in [6, 6.07) is 23.6. The highest BCUT2D eigenvalue weighted by atomic mass is 16.6. The SMILES string of the molecule is COc1ccc(-c2ccc(C3(c4ccccc4)OC(=O)C(O)C3=O)cc2)cc1. The van der Waals surface area contributed by atoms with Crippen molar-refractivity contribution >= 4 is 11.8 Å². The lowest BCUT2D eigenvalue weighted by molar-refractivity contribution is -0.151.